The van der Waals surface area contributed by atoms with Crippen LogP contribution in [-0.2, 0) is 22.9 Å². The smallest absolute Gasteiger partial charge is 0.153 e. The van der Waals surface area contributed by atoms with Gasteiger partial charge in [0.05, 0.1) is 11.5 Å². The van der Waals surface area contributed by atoms with E-state index in [1.54, 1.807) is 12.4 Å². The topological polar surface area (TPSA) is 53.5 Å². The van der Waals surface area contributed by atoms with Gasteiger partial charge in [-0.25, -0.2) is 17.2 Å². The first-order valence-electron chi connectivity index (χ1n) is 8.93. The molecule has 2 atom stereocenters. The quantitative estimate of drug-likeness (QED) is 0.794. The summed E-state index contributed by atoms with van der Waals surface area (Å²) in [7, 11) is -3.15. The van der Waals surface area contributed by atoms with Crippen molar-refractivity contribution in [2.45, 2.75) is 25.2 Å². The van der Waals surface area contributed by atoms with E-state index in [2.05, 4.69) is 9.88 Å². The van der Waals surface area contributed by atoms with Crippen molar-refractivity contribution in [3.05, 3.63) is 65.5 Å². The van der Waals surface area contributed by atoms with Gasteiger partial charge in [0.25, 0.3) is 0 Å². The van der Waals surface area contributed by atoms with E-state index in [1.165, 1.54) is 12.1 Å². The molecule has 2 aliphatic heterocycles. The minimum absolute atomic E-state index is 0.0734. The fraction of sp³-hybridized carbons (Fsp3) is 0.421. The Labute approximate surface area is 157 Å². The number of benzene rings is 1. The van der Waals surface area contributed by atoms with Crippen LogP contribution < -0.4 is 0 Å². The molecule has 27 heavy (non-hydrogen) atoms. The van der Waals surface area contributed by atoms with Gasteiger partial charge in [-0.05, 0) is 17.7 Å². The highest BCUT2D eigenvalue weighted by molar-refractivity contribution is 7.91. The molecular weight excluding hydrogens is 372 g/mol. The third-order valence-corrected chi connectivity index (χ3v) is 7.10. The molecule has 4 rings (SSSR count). The van der Waals surface area contributed by atoms with Crippen molar-refractivity contribution in [3.63, 3.8) is 0 Å². The van der Waals surface area contributed by atoms with Crippen molar-refractivity contribution >= 4 is 9.84 Å². The van der Waals surface area contributed by atoms with Crippen molar-refractivity contribution in [3.8, 4) is 0 Å². The second-order valence-corrected chi connectivity index (χ2v) is 9.40. The predicted octanol–water partition coefficient (Wildman–Crippen LogP) is 1.84. The molecule has 144 valence electrons. The van der Waals surface area contributed by atoms with Crippen molar-refractivity contribution in [2.75, 3.05) is 24.6 Å². The lowest BCUT2D eigenvalue weighted by atomic mass is 10.0. The van der Waals surface area contributed by atoms with Crippen LogP contribution in [0.3, 0.4) is 0 Å². The van der Waals surface area contributed by atoms with Crippen LogP contribution in [0.2, 0.25) is 0 Å². The molecule has 0 spiro atoms. The maximum atomic E-state index is 14.1. The molecular formula is C19H21F2N3O2S. The predicted molar refractivity (Wildman–Crippen MR) is 97.6 cm³/mol. The van der Waals surface area contributed by atoms with Gasteiger partial charge < -0.3 is 0 Å². The van der Waals surface area contributed by atoms with Crippen LogP contribution in [-0.4, -0.2) is 59.9 Å². The molecule has 2 aliphatic rings. The Morgan fingerprint density at radius 1 is 1.04 bits per heavy atom. The molecule has 0 aliphatic carbocycles. The van der Waals surface area contributed by atoms with Gasteiger partial charge in [-0.15, -0.1) is 0 Å². The first kappa shape index (κ1) is 18.5. The number of sulfone groups is 1. The van der Waals surface area contributed by atoms with Gasteiger partial charge in [0.1, 0.15) is 11.6 Å². The number of halogens is 2. The van der Waals surface area contributed by atoms with E-state index in [9.17, 15) is 17.2 Å². The molecule has 3 heterocycles. The van der Waals surface area contributed by atoms with E-state index in [0.717, 1.165) is 11.6 Å². The van der Waals surface area contributed by atoms with Gasteiger partial charge in [0.15, 0.2) is 9.84 Å². The highest BCUT2D eigenvalue weighted by Crippen LogP contribution is 2.29. The molecule has 0 bridgehead atoms. The third kappa shape index (κ3) is 4.02. The second kappa shape index (κ2) is 7.26. The Bertz CT molecular complexity index is 924. The van der Waals surface area contributed by atoms with Crippen molar-refractivity contribution in [2.24, 2.45) is 0 Å². The first-order chi connectivity index (χ1) is 12.9. The molecule has 0 unspecified atom stereocenters. The summed E-state index contributed by atoms with van der Waals surface area (Å²) in [6.45, 7) is 2.25. The average molecular weight is 393 g/mol. The number of aromatic nitrogens is 1. The maximum absolute atomic E-state index is 14.1. The largest absolute Gasteiger partial charge is 0.292 e. The molecule has 0 radical (unpaired) electrons. The van der Waals surface area contributed by atoms with Crippen LogP contribution >= 0.6 is 0 Å². The minimum atomic E-state index is -3.15. The monoisotopic (exact) mass is 393 g/mol. The fourth-order valence-corrected chi connectivity index (χ4v) is 6.13. The highest BCUT2D eigenvalue weighted by Gasteiger charge is 2.46. The summed E-state index contributed by atoms with van der Waals surface area (Å²) < 4.78 is 51.8. The SMILES string of the molecule is O=S1(=O)C[C@@H]2[C@H](C1)N(Cc1ccc(F)cc1F)CCN2Cc1cccnc1. The number of rotatable bonds is 4. The van der Waals surface area contributed by atoms with Crippen molar-refractivity contribution in [1.82, 2.24) is 14.8 Å². The van der Waals surface area contributed by atoms with Gasteiger partial charge in [-0.1, -0.05) is 12.1 Å². The Hall–Kier alpha value is -1.90. The molecule has 1 aromatic heterocycles. The Kier molecular flexibility index (Phi) is 4.96. The van der Waals surface area contributed by atoms with Gasteiger partial charge in [-0.3, -0.25) is 14.8 Å². The number of fused-ring (bicyclic) bond motifs is 1. The molecule has 0 N–H and O–H groups in total. The Morgan fingerprint density at radius 3 is 2.37 bits per heavy atom. The standard InChI is InChI=1S/C19H21F2N3O2S/c20-16-4-3-15(17(21)8-16)11-24-7-6-23(10-14-2-1-5-22-9-14)18-12-27(25,26)13-19(18)24/h1-5,8-9,18-19H,6-7,10-13H2/t18-,19+/m1/s1. The van der Waals surface area contributed by atoms with E-state index in [1.807, 2.05) is 17.0 Å². The van der Waals surface area contributed by atoms with Gasteiger partial charge in [-0.2, -0.15) is 0 Å². The first-order valence-corrected chi connectivity index (χ1v) is 10.7. The average Bonchev–Trinajstić information content (AvgIpc) is 2.96. The van der Waals surface area contributed by atoms with E-state index in [-0.39, 0.29) is 30.1 Å². The number of pyridine rings is 1. The molecule has 5 nitrogen and oxygen atoms in total. The number of hydrogen-bond donors (Lipinski definition) is 0. The third-order valence-electron chi connectivity index (χ3n) is 5.40. The normalized spacial score (nSPS) is 25.4. The molecule has 2 saturated heterocycles. The summed E-state index contributed by atoms with van der Waals surface area (Å²) in [6, 6.07) is 7.07. The van der Waals surface area contributed by atoms with E-state index < -0.39 is 21.5 Å². The number of nitrogens with zero attached hydrogens (tertiary/aromatic N) is 3. The summed E-state index contributed by atoms with van der Waals surface area (Å²) >= 11 is 0. The lowest BCUT2D eigenvalue weighted by Crippen LogP contribution is -2.58. The molecule has 8 heteroatoms. The minimum Gasteiger partial charge on any atom is -0.292 e. The fourth-order valence-electron chi connectivity index (χ4n) is 4.08. The summed E-state index contributed by atoms with van der Waals surface area (Å²) in [5.41, 5.74) is 1.43. The van der Waals surface area contributed by atoms with E-state index >= 15 is 0 Å². The van der Waals surface area contributed by atoms with Crippen molar-refractivity contribution < 1.29 is 17.2 Å². The van der Waals surface area contributed by atoms with Crippen LogP contribution in [0, 0.1) is 11.6 Å². The zero-order valence-corrected chi connectivity index (χ0v) is 15.6. The van der Waals surface area contributed by atoms with Gasteiger partial charge in [0, 0.05) is 62.3 Å². The number of piperazine rings is 1. The molecule has 2 fully saturated rings. The van der Waals surface area contributed by atoms with E-state index in [4.69, 9.17) is 0 Å². The summed E-state index contributed by atoms with van der Waals surface area (Å²) in [6.07, 6.45) is 3.50. The van der Waals surface area contributed by atoms with E-state index in [0.29, 0.717) is 25.2 Å². The Morgan fingerprint density at radius 2 is 1.74 bits per heavy atom. The lowest BCUT2D eigenvalue weighted by Gasteiger charge is -2.44. The summed E-state index contributed by atoms with van der Waals surface area (Å²) in [4.78, 5) is 8.33. The Balaban J connectivity index is 1.54. The van der Waals surface area contributed by atoms with Crippen LogP contribution in [0.15, 0.2) is 42.7 Å². The molecule has 0 amide bonds. The van der Waals surface area contributed by atoms with Crippen LogP contribution in [0.1, 0.15) is 11.1 Å². The summed E-state index contributed by atoms with van der Waals surface area (Å²) in [5.74, 6) is -1.02. The van der Waals surface area contributed by atoms with Crippen LogP contribution in [0.5, 0.6) is 0 Å². The molecule has 0 saturated carbocycles. The second-order valence-electron chi connectivity index (χ2n) is 7.25. The van der Waals surface area contributed by atoms with Gasteiger partial charge in [0.2, 0.25) is 0 Å². The van der Waals surface area contributed by atoms with Crippen LogP contribution in [0.25, 0.3) is 0 Å². The highest BCUT2D eigenvalue weighted by atomic mass is 32.2. The maximum Gasteiger partial charge on any atom is 0.153 e. The number of hydrogen-bond acceptors (Lipinski definition) is 5. The van der Waals surface area contributed by atoms with Crippen LogP contribution in [0.4, 0.5) is 8.78 Å². The molecule has 1 aromatic carbocycles. The van der Waals surface area contributed by atoms with Gasteiger partial charge >= 0.3 is 0 Å². The zero-order chi connectivity index (χ0) is 19.0. The lowest BCUT2D eigenvalue weighted by molar-refractivity contribution is 0.0348. The summed E-state index contributed by atoms with van der Waals surface area (Å²) in [5, 5.41) is 0. The molecule has 2 aromatic rings. The van der Waals surface area contributed by atoms with Crippen molar-refractivity contribution in [1.29, 1.82) is 0 Å². The zero-order valence-electron chi connectivity index (χ0n) is 14.8.